The Hall–Kier alpha value is 0.920. The molecule has 30 heavy (non-hydrogen) atoms. The molecule has 0 aromatic heterocycles. The molecule has 0 saturated carbocycles. The molecule has 0 aliphatic rings. The lowest BCUT2D eigenvalue weighted by Gasteiger charge is -2.08. The highest BCUT2D eigenvalue weighted by Gasteiger charge is 1.95. The molecule has 3 heteroatoms. The van der Waals surface area contributed by atoms with Crippen LogP contribution in [0.2, 0.25) is 0 Å². The van der Waals surface area contributed by atoms with Gasteiger partial charge in [0.05, 0.1) is 0 Å². The van der Waals surface area contributed by atoms with Crippen LogP contribution in [-0.4, -0.2) is 36.2 Å². The minimum Gasteiger partial charge on any atom is -0.309 e. The highest BCUT2D eigenvalue weighted by Crippen LogP contribution is 2.14. The molecule has 0 aromatic rings. The van der Waals surface area contributed by atoms with Crippen LogP contribution in [-0.2, 0) is 0 Å². The lowest BCUT2D eigenvalue weighted by Crippen LogP contribution is -2.12. The summed E-state index contributed by atoms with van der Waals surface area (Å²) in [4.78, 5) is 2.30. The zero-order chi connectivity index (χ0) is 22.5. The molecule has 0 radical (unpaired) electrons. The first-order valence-corrected chi connectivity index (χ1v) is 15.7. The molecule has 0 bridgehead atoms. The van der Waals surface area contributed by atoms with E-state index in [1.54, 1.807) is 0 Å². The van der Waals surface area contributed by atoms with Crippen molar-refractivity contribution < 1.29 is 0 Å². The van der Waals surface area contributed by atoms with Crippen molar-refractivity contribution in [1.29, 1.82) is 0 Å². The van der Waals surface area contributed by atoms with Crippen molar-refractivity contribution in [1.82, 2.24) is 4.90 Å². The van der Waals surface area contributed by atoms with Crippen molar-refractivity contribution in [3.63, 3.8) is 0 Å². The van der Waals surface area contributed by atoms with Gasteiger partial charge in [-0.15, -0.1) is 0 Å². The Morgan fingerprint density at radius 1 is 0.400 bits per heavy atom. The van der Waals surface area contributed by atoms with E-state index in [9.17, 15) is 0 Å². The number of halogens is 2. The van der Waals surface area contributed by atoms with Gasteiger partial charge in [-0.05, 0) is 33.5 Å². The third-order valence-corrected chi connectivity index (χ3v) is 6.85. The number of rotatable bonds is 23. The minimum absolute atomic E-state index is 1.11. The number of unbranched alkanes of at least 4 members (excludes halogenated alkanes) is 19. The van der Waals surface area contributed by atoms with Crippen molar-refractivity contribution >= 4 is 31.9 Å². The topological polar surface area (TPSA) is 3.24 Å². The van der Waals surface area contributed by atoms with Gasteiger partial charge >= 0.3 is 0 Å². The van der Waals surface area contributed by atoms with Crippen molar-refractivity contribution in [2.75, 3.05) is 31.3 Å². The number of hydrogen-bond donors (Lipinski definition) is 0. The standard InChI is InChI=1S/C24H51N.C3H6Br2/c1-4-5-6-7-8-9-10-11-12-13-14-15-16-17-18-19-20-21-22-23-24-25(2)3;4-2-1-3-5/h4-24H2,1-3H3;1-3H2. The fourth-order valence-corrected chi connectivity index (χ4v) is 5.05. The van der Waals surface area contributed by atoms with E-state index in [1.165, 1.54) is 141 Å². The fraction of sp³-hybridized carbons (Fsp3) is 1.00. The smallest absolute Gasteiger partial charge is 0.00392 e. The molecule has 0 aliphatic heterocycles. The summed E-state index contributed by atoms with van der Waals surface area (Å²) < 4.78 is 0. The van der Waals surface area contributed by atoms with Crippen LogP contribution in [0.15, 0.2) is 0 Å². The highest BCUT2D eigenvalue weighted by atomic mass is 79.9. The first-order valence-electron chi connectivity index (χ1n) is 13.5. The van der Waals surface area contributed by atoms with Crippen LogP contribution in [0.25, 0.3) is 0 Å². The average molecular weight is 556 g/mol. The third kappa shape index (κ3) is 36.3. The lowest BCUT2D eigenvalue weighted by molar-refractivity contribution is 0.389. The van der Waals surface area contributed by atoms with Crippen LogP contribution in [0.1, 0.15) is 142 Å². The summed E-state index contributed by atoms with van der Waals surface area (Å²) in [5.41, 5.74) is 0. The molecule has 0 unspecified atom stereocenters. The SMILES string of the molecule is BrCCCBr.CCCCCCCCCCCCCCCCCCCCCCN(C)C. The molecule has 0 fully saturated rings. The van der Waals surface area contributed by atoms with Gasteiger partial charge in [-0.1, -0.05) is 161 Å². The molecule has 184 valence electrons. The van der Waals surface area contributed by atoms with Crippen LogP contribution in [0.5, 0.6) is 0 Å². The summed E-state index contributed by atoms with van der Waals surface area (Å²) in [6.45, 7) is 3.56. The molecular formula is C27H57Br2N. The van der Waals surface area contributed by atoms with Gasteiger partial charge < -0.3 is 4.90 Å². The Kier molecular flexibility index (Phi) is 35.4. The summed E-state index contributed by atoms with van der Waals surface area (Å²) in [7, 11) is 4.35. The maximum Gasteiger partial charge on any atom is 0.00392 e. The lowest BCUT2D eigenvalue weighted by atomic mass is 10.0. The van der Waals surface area contributed by atoms with Crippen molar-refractivity contribution in [3.8, 4) is 0 Å². The largest absolute Gasteiger partial charge is 0.309 e. The summed E-state index contributed by atoms with van der Waals surface area (Å²) in [6, 6.07) is 0. The van der Waals surface area contributed by atoms with Gasteiger partial charge in [0.15, 0.2) is 0 Å². The minimum atomic E-state index is 1.11. The number of alkyl halides is 2. The van der Waals surface area contributed by atoms with E-state index in [1.807, 2.05) is 0 Å². The van der Waals surface area contributed by atoms with Crippen LogP contribution in [0, 0.1) is 0 Å². The van der Waals surface area contributed by atoms with Gasteiger partial charge in [0, 0.05) is 10.7 Å². The van der Waals surface area contributed by atoms with E-state index in [4.69, 9.17) is 0 Å². The zero-order valence-corrected chi connectivity index (χ0v) is 24.3. The summed E-state index contributed by atoms with van der Waals surface area (Å²) >= 11 is 6.56. The molecule has 1 nitrogen and oxygen atoms in total. The van der Waals surface area contributed by atoms with Gasteiger partial charge in [0.25, 0.3) is 0 Å². The highest BCUT2D eigenvalue weighted by molar-refractivity contribution is 9.09. The van der Waals surface area contributed by atoms with Crippen molar-refractivity contribution in [3.05, 3.63) is 0 Å². The monoisotopic (exact) mass is 553 g/mol. The van der Waals surface area contributed by atoms with E-state index in [0.717, 1.165) is 10.7 Å². The molecule has 0 rings (SSSR count). The average Bonchev–Trinajstić information content (AvgIpc) is 2.73. The normalized spacial score (nSPS) is 11.0. The fourth-order valence-electron chi connectivity index (χ4n) is 3.73. The molecule has 0 saturated heterocycles. The molecule has 0 spiro atoms. The molecular weight excluding hydrogens is 498 g/mol. The predicted octanol–water partition coefficient (Wildman–Crippen LogP) is 10.5. The second-order valence-corrected chi connectivity index (χ2v) is 10.8. The van der Waals surface area contributed by atoms with Crippen LogP contribution in [0.3, 0.4) is 0 Å². The third-order valence-electron chi connectivity index (χ3n) is 5.73. The van der Waals surface area contributed by atoms with E-state index in [2.05, 4.69) is 57.8 Å². The molecule has 0 heterocycles. The maximum atomic E-state index is 3.28. The predicted molar refractivity (Wildman–Crippen MR) is 149 cm³/mol. The van der Waals surface area contributed by atoms with Gasteiger partial charge in [0.2, 0.25) is 0 Å². The quantitative estimate of drug-likeness (QED) is 0.0896. The van der Waals surface area contributed by atoms with E-state index in [-0.39, 0.29) is 0 Å². The van der Waals surface area contributed by atoms with Crippen molar-refractivity contribution in [2.45, 2.75) is 142 Å². The zero-order valence-electron chi connectivity index (χ0n) is 21.2. The van der Waals surface area contributed by atoms with Crippen LogP contribution >= 0.6 is 31.9 Å². The Morgan fingerprint density at radius 3 is 0.867 bits per heavy atom. The summed E-state index contributed by atoms with van der Waals surface area (Å²) in [5, 5.41) is 2.22. The maximum absolute atomic E-state index is 3.28. The van der Waals surface area contributed by atoms with E-state index >= 15 is 0 Å². The van der Waals surface area contributed by atoms with Gasteiger partial charge in [-0.3, -0.25) is 0 Å². The van der Waals surface area contributed by atoms with E-state index < -0.39 is 0 Å². The van der Waals surface area contributed by atoms with Crippen LogP contribution in [0.4, 0.5) is 0 Å². The second kappa shape index (κ2) is 32.1. The van der Waals surface area contributed by atoms with Gasteiger partial charge in [-0.25, -0.2) is 0 Å². The number of nitrogens with zero attached hydrogens (tertiary/aromatic N) is 1. The first-order chi connectivity index (χ1) is 14.7. The molecule has 0 aromatic carbocycles. The Balaban J connectivity index is 0. The van der Waals surface area contributed by atoms with Gasteiger partial charge in [0.1, 0.15) is 0 Å². The first kappa shape index (κ1) is 33.1. The van der Waals surface area contributed by atoms with Crippen molar-refractivity contribution in [2.24, 2.45) is 0 Å². The Labute approximate surface area is 209 Å². The van der Waals surface area contributed by atoms with Crippen LogP contribution < -0.4 is 0 Å². The Bertz CT molecular complexity index is 270. The molecule has 0 aliphatic carbocycles. The molecule has 0 N–H and O–H groups in total. The summed E-state index contributed by atoms with van der Waals surface area (Å²) in [6.07, 6.45) is 30.5. The Morgan fingerprint density at radius 2 is 0.667 bits per heavy atom. The van der Waals surface area contributed by atoms with Gasteiger partial charge in [-0.2, -0.15) is 0 Å². The van der Waals surface area contributed by atoms with E-state index in [0.29, 0.717) is 0 Å². The molecule has 0 atom stereocenters. The number of hydrogen-bond acceptors (Lipinski definition) is 1. The summed E-state index contributed by atoms with van der Waals surface area (Å²) in [5.74, 6) is 0. The second-order valence-electron chi connectivity index (χ2n) is 9.25. The molecule has 0 amide bonds.